The Kier molecular flexibility index (Phi) is 3.24. The maximum absolute atomic E-state index is 11.8. The minimum Gasteiger partial charge on any atom is -0.294 e. The first-order valence-electron chi connectivity index (χ1n) is 4.76. The first-order valence-corrected chi connectivity index (χ1v) is 4.76. The zero-order valence-electron chi connectivity index (χ0n) is 8.50. The molecule has 1 atom stereocenters. The molecule has 13 heavy (non-hydrogen) atoms. The number of carbonyl (C=O) groups is 1. The summed E-state index contributed by atoms with van der Waals surface area (Å²) in [6.07, 6.45) is 0.910. The number of aryl methyl sites for hydroxylation is 1. The first kappa shape index (κ1) is 9.97. The van der Waals surface area contributed by atoms with Crippen LogP contribution in [0.2, 0.25) is 0 Å². The highest BCUT2D eigenvalue weighted by atomic mass is 16.1. The van der Waals surface area contributed by atoms with Gasteiger partial charge in [0, 0.05) is 11.5 Å². The van der Waals surface area contributed by atoms with Crippen molar-refractivity contribution in [2.75, 3.05) is 0 Å². The van der Waals surface area contributed by atoms with Crippen molar-refractivity contribution in [3.63, 3.8) is 0 Å². The first-order chi connectivity index (χ1) is 6.16. The molecule has 1 heteroatoms. The third-order valence-corrected chi connectivity index (χ3v) is 2.47. The van der Waals surface area contributed by atoms with Gasteiger partial charge in [0.25, 0.3) is 0 Å². The van der Waals surface area contributed by atoms with Gasteiger partial charge in [0.2, 0.25) is 0 Å². The van der Waals surface area contributed by atoms with Gasteiger partial charge in [0.05, 0.1) is 0 Å². The SMILES string of the molecule is CCC(C)C(=O)c1ccccc1C. The Labute approximate surface area is 79.8 Å². The van der Waals surface area contributed by atoms with Gasteiger partial charge >= 0.3 is 0 Å². The van der Waals surface area contributed by atoms with Gasteiger partial charge in [0.15, 0.2) is 5.78 Å². The quantitative estimate of drug-likeness (QED) is 0.646. The molecule has 0 amide bonds. The van der Waals surface area contributed by atoms with Crippen LogP contribution >= 0.6 is 0 Å². The molecule has 70 valence electrons. The molecule has 0 heterocycles. The molecule has 1 nitrogen and oxygen atoms in total. The van der Waals surface area contributed by atoms with Crippen LogP contribution < -0.4 is 0 Å². The van der Waals surface area contributed by atoms with Crippen molar-refractivity contribution in [3.8, 4) is 0 Å². The molecular weight excluding hydrogens is 160 g/mol. The highest BCUT2D eigenvalue weighted by molar-refractivity contribution is 5.98. The van der Waals surface area contributed by atoms with Gasteiger partial charge < -0.3 is 0 Å². The summed E-state index contributed by atoms with van der Waals surface area (Å²) in [5.41, 5.74) is 1.95. The highest BCUT2D eigenvalue weighted by Gasteiger charge is 2.14. The van der Waals surface area contributed by atoms with E-state index in [0.29, 0.717) is 0 Å². The molecule has 1 aromatic rings. The van der Waals surface area contributed by atoms with Crippen molar-refractivity contribution in [3.05, 3.63) is 35.4 Å². The molecule has 0 fully saturated rings. The van der Waals surface area contributed by atoms with Crippen molar-refractivity contribution in [2.45, 2.75) is 27.2 Å². The number of carbonyl (C=O) groups excluding carboxylic acids is 1. The zero-order chi connectivity index (χ0) is 9.84. The van der Waals surface area contributed by atoms with Gasteiger partial charge in [0.1, 0.15) is 0 Å². The van der Waals surface area contributed by atoms with E-state index >= 15 is 0 Å². The van der Waals surface area contributed by atoms with Crippen LogP contribution in [-0.4, -0.2) is 5.78 Å². The normalized spacial score (nSPS) is 12.5. The fraction of sp³-hybridized carbons (Fsp3) is 0.417. The number of rotatable bonds is 3. The third kappa shape index (κ3) is 2.18. The van der Waals surface area contributed by atoms with Crippen LogP contribution in [0, 0.1) is 12.8 Å². The summed E-state index contributed by atoms with van der Waals surface area (Å²) in [5, 5.41) is 0. The van der Waals surface area contributed by atoms with Crippen molar-refractivity contribution >= 4 is 5.78 Å². The number of benzene rings is 1. The lowest BCUT2D eigenvalue weighted by molar-refractivity contribution is 0.0926. The molecule has 0 saturated heterocycles. The molecule has 0 aromatic heterocycles. The molecule has 1 rings (SSSR count). The lowest BCUT2D eigenvalue weighted by Crippen LogP contribution is -2.11. The summed E-state index contributed by atoms with van der Waals surface area (Å²) in [6.45, 7) is 6.01. The summed E-state index contributed by atoms with van der Waals surface area (Å²) in [5.74, 6) is 0.404. The molecule has 0 N–H and O–H groups in total. The summed E-state index contributed by atoms with van der Waals surface area (Å²) >= 11 is 0. The number of Topliss-reactive ketones (excluding diaryl/α,β-unsaturated/α-hetero) is 1. The molecule has 1 aromatic carbocycles. The Balaban J connectivity index is 2.95. The maximum atomic E-state index is 11.8. The van der Waals surface area contributed by atoms with E-state index in [4.69, 9.17) is 0 Å². The van der Waals surface area contributed by atoms with Gasteiger partial charge in [-0.2, -0.15) is 0 Å². The van der Waals surface area contributed by atoms with Crippen LogP contribution in [-0.2, 0) is 0 Å². The highest BCUT2D eigenvalue weighted by Crippen LogP contribution is 2.14. The van der Waals surface area contributed by atoms with Crippen molar-refractivity contribution in [1.29, 1.82) is 0 Å². The molecular formula is C12H16O. The predicted octanol–water partition coefficient (Wildman–Crippen LogP) is 3.22. The van der Waals surface area contributed by atoms with E-state index in [0.717, 1.165) is 17.5 Å². The minimum atomic E-state index is 0.140. The smallest absolute Gasteiger partial charge is 0.165 e. The van der Waals surface area contributed by atoms with Crippen LogP contribution in [0.15, 0.2) is 24.3 Å². The fourth-order valence-corrected chi connectivity index (χ4v) is 1.30. The standard InChI is InChI=1S/C12H16O/c1-4-9(2)12(13)11-8-6-5-7-10(11)3/h5-9H,4H2,1-3H3. The predicted molar refractivity (Wildman–Crippen MR) is 55.0 cm³/mol. The van der Waals surface area contributed by atoms with Crippen molar-refractivity contribution in [2.24, 2.45) is 5.92 Å². The van der Waals surface area contributed by atoms with E-state index in [-0.39, 0.29) is 11.7 Å². The summed E-state index contributed by atoms with van der Waals surface area (Å²) < 4.78 is 0. The zero-order valence-corrected chi connectivity index (χ0v) is 8.50. The van der Waals surface area contributed by atoms with E-state index < -0.39 is 0 Å². The van der Waals surface area contributed by atoms with Gasteiger partial charge in [-0.15, -0.1) is 0 Å². The summed E-state index contributed by atoms with van der Waals surface area (Å²) in [6, 6.07) is 7.77. The summed E-state index contributed by atoms with van der Waals surface area (Å²) in [7, 11) is 0. The van der Waals surface area contributed by atoms with E-state index in [1.807, 2.05) is 45.0 Å². The third-order valence-electron chi connectivity index (χ3n) is 2.47. The van der Waals surface area contributed by atoms with E-state index in [1.165, 1.54) is 0 Å². The van der Waals surface area contributed by atoms with Crippen LogP contribution in [0.1, 0.15) is 36.2 Å². The van der Waals surface area contributed by atoms with E-state index in [9.17, 15) is 4.79 Å². The van der Waals surface area contributed by atoms with Gasteiger partial charge in [-0.3, -0.25) is 4.79 Å². The molecule has 0 bridgehead atoms. The summed E-state index contributed by atoms with van der Waals surface area (Å²) in [4.78, 5) is 11.8. The van der Waals surface area contributed by atoms with Gasteiger partial charge in [-0.25, -0.2) is 0 Å². The van der Waals surface area contributed by atoms with E-state index in [2.05, 4.69) is 0 Å². The average Bonchev–Trinajstić information content (AvgIpc) is 2.16. The van der Waals surface area contributed by atoms with Crippen LogP contribution in [0.4, 0.5) is 0 Å². The Morgan fingerprint density at radius 1 is 1.38 bits per heavy atom. The molecule has 0 aliphatic carbocycles. The van der Waals surface area contributed by atoms with E-state index in [1.54, 1.807) is 0 Å². The van der Waals surface area contributed by atoms with Crippen molar-refractivity contribution < 1.29 is 4.79 Å². The fourth-order valence-electron chi connectivity index (χ4n) is 1.30. The minimum absolute atomic E-state index is 0.140. The number of ketones is 1. The topological polar surface area (TPSA) is 17.1 Å². The van der Waals surface area contributed by atoms with Crippen LogP contribution in [0.5, 0.6) is 0 Å². The average molecular weight is 176 g/mol. The molecule has 1 unspecified atom stereocenters. The number of hydrogen-bond acceptors (Lipinski definition) is 1. The van der Waals surface area contributed by atoms with Crippen LogP contribution in [0.25, 0.3) is 0 Å². The maximum Gasteiger partial charge on any atom is 0.165 e. The Morgan fingerprint density at radius 2 is 2.00 bits per heavy atom. The lowest BCUT2D eigenvalue weighted by Gasteiger charge is -2.09. The van der Waals surface area contributed by atoms with Gasteiger partial charge in [-0.05, 0) is 18.9 Å². The van der Waals surface area contributed by atoms with Crippen LogP contribution in [0.3, 0.4) is 0 Å². The largest absolute Gasteiger partial charge is 0.294 e. The van der Waals surface area contributed by atoms with Crippen molar-refractivity contribution in [1.82, 2.24) is 0 Å². The second kappa shape index (κ2) is 4.22. The Bertz CT molecular complexity index is 302. The molecule has 0 saturated carbocycles. The molecule has 0 radical (unpaired) electrons. The molecule has 0 aliphatic rings. The lowest BCUT2D eigenvalue weighted by atomic mass is 9.94. The monoisotopic (exact) mass is 176 g/mol. The second-order valence-electron chi connectivity index (χ2n) is 3.49. The van der Waals surface area contributed by atoms with Gasteiger partial charge in [-0.1, -0.05) is 38.1 Å². The molecule has 0 aliphatic heterocycles. The Morgan fingerprint density at radius 3 is 2.54 bits per heavy atom. The molecule has 0 spiro atoms. The second-order valence-corrected chi connectivity index (χ2v) is 3.49. The number of hydrogen-bond donors (Lipinski definition) is 0. The Hall–Kier alpha value is -1.11.